The summed E-state index contributed by atoms with van der Waals surface area (Å²) in [5, 5.41) is 0. The average molecular weight is 198 g/mol. The molecule has 0 unspecified atom stereocenters. The average Bonchev–Trinajstić information content (AvgIpc) is 2.47. The fourth-order valence-electron chi connectivity index (χ4n) is 2.22. The molecule has 2 rings (SSSR count). The maximum Gasteiger partial charge on any atom is -0.00977 e. The fraction of sp³-hybridized carbons (Fsp3) is 0.333. The Balaban J connectivity index is 2.38. The third-order valence-corrected chi connectivity index (χ3v) is 3.27. The lowest BCUT2D eigenvalue weighted by molar-refractivity contribution is 0.464. The Morgan fingerprint density at radius 1 is 1.20 bits per heavy atom. The number of hydrogen-bond acceptors (Lipinski definition) is 0. The Morgan fingerprint density at radius 2 is 1.87 bits per heavy atom. The van der Waals surface area contributed by atoms with E-state index in [2.05, 4.69) is 56.8 Å². The molecular formula is C15H18. The molecule has 0 spiro atoms. The van der Waals surface area contributed by atoms with E-state index in [1.807, 2.05) is 0 Å². The molecule has 0 amide bonds. The predicted molar refractivity (Wildman–Crippen MR) is 66.6 cm³/mol. The van der Waals surface area contributed by atoms with Gasteiger partial charge in [-0.15, -0.1) is 0 Å². The van der Waals surface area contributed by atoms with Gasteiger partial charge in [-0.05, 0) is 29.4 Å². The lowest BCUT2D eigenvalue weighted by Crippen LogP contribution is -2.07. The van der Waals surface area contributed by atoms with Gasteiger partial charge in [0.1, 0.15) is 0 Å². The van der Waals surface area contributed by atoms with E-state index in [0.717, 1.165) is 6.42 Å². The van der Waals surface area contributed by atoms with Crippen molar-refractivity contribution >= 4 is 6.08 Å². The molecule has 0 bridgehead atoms. The van der Waals surface area contributed by atoms with Crippen molar-refractivity contribution in [3.05, 3.63) is 53.6 Å². The van der Waals surface area contributed by atoms with Crippen LogP contribution in [-0.2, 0) is 0 Å². The molecule has 0 N–H and O–H groups in total. The molecular weight excluding hydrogens is 180 g/mol. The summed E-state index contributed by atoms with van der Waals surface area (Å²) in [6.07, 6.45) is 4.66. The molecule has 0 heteroatoms. The highest BCUT2D eigenvalue weighted by Crippen LogP contribution is 2.45. The van der Waals surface area contributed by atoms with Gasteiger partial charge in [0.25, 0.3) is 0 Å². The standard InChI is InChI=1S/C15H18/c1-12-9-10-15(2,3)14(12)11-13-7-5-4-6-8-13/h4-8,11H,1,9-10H2,2-3H3. The van der Waals surface area contributed by atoms with E-state index in [1.54, 1.807) is 0 Å². The SMILES string of the molecule is C=C1CCC(C)(C)C1=Cc1ccccc1. The van der Waals surface area contributed by atoms with Crippen molar-refractivity contribution in [3.8, 4) is 0 Å². The van der Waals surface area contributed by atoms with Gasteiger partial charge >= 0.3 is 0 Å². The van der Waals surface area contributed by atoms with Crippen molar-refractivity contribution in [1.29, 1.82) is 0 Å². The van der Waals surface area contributed by atoms with Gasteiger partial charge < -0.3 is 0 Å². The molecule has 0 aromatic heterocycles. The van der Waals surface area contributed by atoms with E-state index in [0.29, 0.717) is 5.41 Å². The summed E-state index contributed by atoms with van der Waals surface area (Å²) in [5.41, 5.74) is 4.31. The summed E-state index contributed by atoms with van der Waals surface area (Å²) < 4.78 is 0. The number of hydrogen-bond donors (Lipinski definition) is 0. The molecule has 0 heterocycles. The van der Waals surface area contributed by atoms with E-state index < -0.39 is 0 Å². The van der Waals surface area contributed by atoms with Gasteiger partial charge in [0.05, 0.1) is 0 Å². The molecule has 0 saturated heterocycles. The summed E-state index contributed by atoms with van der Waals surface area (Å²) in [5.74, 6) is 0. The molecule has 1 aromatic rings. The Bertz CT molecular complexity index is 393. The van der Waals surface area contributed by atoms with Crippen LogP contribution in [0.2, 0.25) is 0 Å². The molecule has 0 aliphatic heterocycles. The lowest BCUT2D eigenvalue weighted by atomic mass is 9.85. The van der Waals surface area contributed by atoms with Gasteiger partial charge in [0.15, 0.2) is 0 Å². The smallest absolute Gasteiger partial charge is 0.00977 e. The van der Waals surface area contributed by atoms with Crippen LogP contribution in [0.3, 0.4) is 0 Å². The van der Waals surface area contributed by atoms with Crippen LogP contribution in [0, 0.1) is 5.41 Å². The minimum Gasteiger partial charge on any atom is -0.0955 e. The first-order chi connectivity index (χ1) is 7.09. The Morgan fingerprint density at radius 3 is 2.40 bits per heavy atom. The van der Waals surface area contributed by atoms with E-state index in [4.69, 9.17) is 0 Å². The molecule has 1 aromatic carbocycles. The number of benzene rings is 1. The second kappa shape index (κ2) is 3.69. The van der Waals surface area contributed by atoms with Gasteiger partial charge in [-0.3, -0.25) is 0 Å². The third-order valence-electron chi connectivity index (χ3n) is 3.27. The highest BCUT2D eigenvalue weighted by Gasteiger charge is 2.31. The zero-order chi connectivity index (χ0) is 10.9. The normalized spacial score (nSPS) is 22.3. The van der Waals surface area contributed by atoms with Crippen LogP contribution in [0.1, 0.15) is 32.3 Å². The minimum absolute atomic E-state index is 0.299. The second-order valence-electron chi connectivity index (χ2n) is 4.96. The molecule has 0 radical (unpaired) electrons. The predicted octanol–water partition coefficient (Wildman–Crippen LogP) is 4.45. The zero-order valence-electron chi connectivity index (χ0n) is 9.59. The quantitative estimate of drug-likeness (QED) is 0.625. The van der Waals surface area contributed by atoms with E-state index in [-0.39, 0.29) is 0 Å². The first-order valence-electron chi connectivity index (χ1n) is 5.55. The van der Waals surface area contributed by atoms with Crippen molar-refractivity contribution in [2.24, 2.45) is 5.41 Å². The molecule has 1 aliphatic carbocycles. The maximum absolute atomic E-state index is 4.16. The maximum atomic E-state index is 4.16. The van der Waals surface area contributed by atoms with Crippen LogP contribution < -0.4 is 0 Å². The number of allylic oxidation sites excluding steroid dienone is 2. The van der Waals surface area contributed by atoms with Gasteiger partial charge in [-0.2, -0.15) is 0 Å². The summed E-state index contributed by atoms with van der Waals surface area (Å²) in [7, 11) is 0. The molecule has 78 valence electrons. The summed E-state index contributed by atoms with van der Waals surface area (Å²) in [6, 6.07) is 10.5. The molecule has 0 nitrogen and oxygen atoms in total. The van der Waals surface area contributed by atoms with Gasteiger partial charge in [0, 0.05) is 0 Å². The second-order valence-corrected chi connectivity index (χ2v) is 4.96. The summed E-state index contributed by atoms with van der Waals surface area (Å²) in [4.78, 5) is 0. The first-order valence-corrected chi connectivity index (χ1v) is 5.55. The largest absolute Gasteiger partial charge is 0.0955 e. The van der Waals surface area contributed by atoms with Crippen molar-refractivity contribution in [2.75, 3.05) is 0 Å². The van der Waals surface area contributed by atoms with Gasteiger partial charge in [-0.25, -0.2) is 0 Å². The summed E-state index contributed by atoms with van der Waals surface area (Å²) in [6.45, 7) is 8.77. The Labute approximate surface area is 92.3 Å². The molecule has 0 atom stereocenters. The van der Waals surface area contributed by atoms with Crippen LogP contribution in [0.4, 0.5) is 0 Å². The van der Waals surface area contributed by atoms with Crippen LogP contribution in [0.5, 0.6) is 0 Å². The zero-order valence-corrected chi connectivity index (χ0v) is 9.59. The molecule has 1 fully saturated rings. The van der Waals surface area contributed by atoms with E-state index in [9.17, 15) is 0 Å². The van der Waals surface area contributed by atoms with Crippen molar-refractivity contribution < 1.29 is 0 Å². The van der Waals surface area contributed by atoms with E-state index >= 15 is 0 Å². The molecule has 15 heavy (non-hydrogen) atoms. The van der Waals surface area contributed by atoms with Crippen LogP contribution >= 0.6 is 0 Å². The molecule has 1 saturated carbocycles. The Kier molecular flexibility index (Phi) is 2.52. The Hall–Kier alpha value is -1.30. The third kappa shape index (κ3) is 2.04. The van der Waals surface area contributed by atoms with E-state index in [1.165, 1.54) is 23.1 Å². The lowest BCUT2D eigenvalue weighted by Gasteiger charge is -2.19. The van der Waals surface area contributed by atoms with Crippen LogP contribution in [-0.4, -0.2) is 0 Å². The monoisotopic (exact) mass is 198 g/mol. The first kappa shape index (κ1) is 10.2. The van der Waals surface area contributed by atoms with Crippen molar-refractivity contribution in [2.45, 2.75) is 26.7 Å². The summed E-state index contributed by atoms with van der Waals surface area (Å²) >= 11 is 0. The van der Waals surface area contributed by atoms with Gasteiger partial charge in [-0.1, -0.05) is 62.4 Å². The van der Waals surface area contributed by atoms with Gasteiger partial charge in [0.2, 0.25) is 0 Å². The highest BCUT2D eigenvalue weighted by atomic mass is 14.3. The minimum atomic E-state index is 0.299. The van der Waals surface area contributed by atoms with Crippen molar-refractivity contribution in [1.82, 2.24) is 0 Å². The fourth-order valence-corrected chi connectivity index (χ4v) is 2.22. The van der Waals surface area contributed by atoms with Crippen LogP contribution in [0.25, 0.3) is 6.08 Å². The van der Waals surface area contributed by atoms with Crippen LogP contribution in [0.15, 0.2) is 48.1 Å². The van der Waals surface area contributed by atoms with Crippen molar-refractivity contribution in [3.63, 3.8) is 0 Å². The number of rotatable bonds is 1. The highest BCUT2D eigenvalue weighted by molar-refractivity contribution is 5.61. The molecule has 1 aliphatic rings. The topological polar surface area (TPSA) is 0 Å².